The molecular formula is C16H19N5O. The van der Waals surface area contributed by atoms with E-state index in [-0.39, 0.29) is 5.91 Å². The highest BCUT2D eigenvalue weighted by atomic mass is 16.2. The molecule has 0 bridgehead atoms. The van der Waals surface area contributed by atoms with Crippen LogP contribution in [0, 0.1) is 12.8 Å². The lowest BCUT2D eigenvalue weighted by Gasteiger charge is -2.46. The van der Waals surface area contributed by atoms with Crippen molar-refractivity contribution < 1.29 is 4.79 Å². The number of carbonyl (C=O) groups is 1. The Balaban J connectivity index is 1.66. The van der Waals surface area contributed by atoms with Crippen LogP contribution in [0.3, 0.4) is 0 Å². The van der Waals surface area contributed by atoms with Crippen molar-refractivity contribution in [2.75, 3.05) is 19.6 Å². The van der Waals surface area contributed by atoms with Gasteiger partial charge in [0.1, 0.15) is 0 Å². The first-order valence-electron chi connectivity index (χ1n) is 7.72. The second kappa shape index (κ2) is 5.21. The number of piperidine rings is 1. The standard InChI is InChI=1S/C16H19N5O/c1-11-2-3-15(21-18-5-6-19-21)13(8-11)16(22)20-7-4-12-9-17-14(12)10-20/h2-3,5-6,8,12,14,17H,4,7,9-10H2,1H3/t12-,14?/m0/s1. The number of nitrogens with zero attached hydrogens (tertiary/aromatic N) is 4. The zero-order chi connectivity index (χ0) is 15.1. The molecule has 1 N–H and O–H groups in total. The highest BCUT2D eigenvalue weighted by Gasteiger charge is 2.37. The SMILES string of the molecule is Cc1ccc(-n2nccn2)c(C(=O)N2CC[C@H]3CNC3C2)c1. The molecule has 1 aromatic carbocycles. The molecule has 1 unspecified atom stereocenters. The van der Waals surface area contributed by atoms with Crippen LogP contribution in [0.25, 0.3) is 5.69 Å². The fourth-order valence-corrected chi connectivity index (χ4v) is 3.31. The van der Waals surface area contributed by atoms with Gasteiger partial charge in [-0.2, -0.15) is 15.0 Å². The van der Waals surface area contributed by atoms with Crippen molar-refractivity contribution in [3.8, 4) is 5.69 Å². The first-order chi connectivity index (χ1) is 10.7. The van der Waals surface area contributed by atoms with Crippen molar-refractivity contribution in [3.63, 3.8) is 0 Å². The Kier molecular flexibility index (Phi) is 3.18. The fourth-order valence-electron chi connectivity index (χ4n) is 3.31. The minimum atomic E-state index is 0.0724. The van der Waals surface area contributed by atoms with Gasteiger partial charge in [-0.1, -0.05) is 11.6 Å². The van der Waals surface area contributed by atoms with Crippen LogP contribution >= 0.6 is 0 Å². The van der Waals surface area contributed by atoms with Crippen LogP contribution in [0.5, 0.6) is 0 Å². The Morgan fingerprint density at radius 2 is 2.14 bits per heavy atom. The zero-order valence-corrected chi connectivity index (χ0v) is 12.6. The highest BCUT2D eigenvalue weighted by molar-refractivity contribution is 5.98. The van der Waals surface area contributed by atoms with Crippen LogP contribution in [-0.4, -0.2) is 51.5 Å². The summed E-state index contributed by atoms with van der Waals surface area (Å²) in [4.78, 5) is 16.4. The van der Waals surface area contributed by atoms with Gasteiger partial charge in [-0.3, -0.25) is 4.79 Å². The molecule has 0 saturated carbocycles. The van der Waals surface area contributed by atoms with Crippen LogP contribution < -0.4 is 5.32 Å². The van der Waals surface area contributed by atoms with E-state index in [1.807, 2.05) is 30.0 Å². The van der Waals surface area contributed by atoms with E-state index in [9.17, 15) is 4.79 Å². The van der Waals surface area contributed by atoms with Gasteiger partial charge >= 0.3 is 0 Å². The molecular weight excluding hydrogens is 278 g/mol. The Morgan fingerprint density at radius 3 is 2.82 bits per heavy atom. The van der Waals surface area contributed by atoms with Gasteiger partial charge in [0.15, 0.2) is 0 Å². The number of aryl methyl sites for hydroxylation is 1. The van der Waals surface area contributed by atoms with Gasteiger partial charge < -0.3 is 10.2 Å². The number of rotatable bonds is 2. The summed E-state index contributed by atoms with van der Waals surface area (Å²) in [7, 11) is 0. The molecule has 1 amide bonds. The summed E-state index contributed by atoms with van der Waals surface area (Å²) in [5, 5.41) is 11.7. The van der Waals surface area contributed by atoms with E-state index in [0.717, 1.165) is 43.2 Å². The van der Waals surface area contributed by atoms with Gasteiger partial charge in [0.25, 0.3) is 5.91 Å². The van der Waals surface area contributed by atoms with Crippen molar-refractivity contribution in [1.29, 1.82) is 0 Å². The zero-order valence-electron chi connectivity index (χ0n) is 12.6. The van der Waals surface area contributed by atoms with Gasteiger partial charge in [-0.25, -0.2) is 0 Å². The molecule has 0 spiro atoms. The predicted molar refractivity (Wildman–Crippen MR) is 81.9 cm³/mol. The highest BCUT2D eigenvalue weighted by Crippen LogP contribution is 2.26. The summed E-state index contributed by atoms with van der Waals surface area (Å²) < 4.78 is 0. The summed E-state index contributed by atoms with van der Waals surface area (Å²) >= 11 is 0. The normalized spacial score (nSPS) is 23.8. The molecule has 114 valence electrons. The maximum atomic E-state index is 13.0. The number of amides is 1. The van der Waals surface area contributed by atoms with E-state index in [1.165, 1.54) is 4.80 Å². The Hall–Kier alpha value is -2.21. The van der Waals surface area contributed by atoms with Crippen LogP contribution in [-0.2, 0) is 0 Å². The van der Waals surface area contributed by atoms with Gasteiger partial charge in [0.05, 0.1) is 23.6 Å². The van der Waals surface area contributed by atoms with E-state index in [2.05, 4.69) is 15.5 Å². The van der Waals surface area contributed by atoms with Crippen LogP contribution in [0.15, 0.2) is 30.6 Å². The number of fused-ring (bicyclic) bond motifs is 1. The van der Waals surface area contributed by atoms with Crippen molar-refractivity contribution in [1.82, 2.24) is 25.2 Å². The van der Waals surface area contributed by atoms with E-state index in [1.54, 1.807) is 12.4 Å². The average molecular weight is 297 g/mol. The second-order valence-electron chi connectivity index (χ2n) is 6.15. The Morgan fingerprint density at radius 1 is 1.32 bits per heavy atom. The molecule has 2 aliphatic heterocycles. The monoisotopic (exact) mass is 297 g/mol. The van der Waals surface area contributed by atoms with Crippen molar-refractivity contribution in [2.45, 2.75) is 19.4 Å². The third-order valence-electron chi connectivity index (χ3n) is 4.70. The lowest BCUT2D eigenvalue weighted by molar-refractivity contribution is 0.0518. The van der Waals surface area contributed by atoms with Crippen LogP contribution in [0.1, 0.15) is 22.3 Å². The topological polar surface area (TPSA) is 63.1 Å². The molecule has 4 rings (SSSR count). The molecule has 6 nitrogen and oxygen atoms in total. The summed E-state index contributed by atoms with van der Waals surface area (Å²) in [5.74, 6) is 0.817. The first-order valence-corrected chi connectivity index (χ1v) is 7.72. The summed E-state index contributed by atoms with van der Waals surface area (Å²) in [6.45, 7) is 4.72. The lowest BCUT2D eigenvalue weighted by atomic mass is 9.85. The summed E-state index contributed by atoms with van der Waals surface area (Å²) in [5.41, 5.74) is 2.48. The summed E-state index contributed by atoms with van der Waals surface area (Å²) in [6, 6.07) is 6.29. The van der Waals surface area contributed by atoms with Crippen LogP contribution in [0.2, 0.25) is 0 Å². The number of nitrogens with one attached hydrogen (secondary N) is 1. The minimum Gasteiger partial charge on any atom is -0.337 e. The second-order valence-corrected chi connectivity index (χ2v) is 6.15. The number of carbonyl (C=O) groups excluding carboxylic acids is 1. The average Bonchev–Trinajstić information content (AvgIpc) is 3.02. The minimum absolute atomic E-state index is 0.0724. The Bertz CT molecular complexity index is 697. The smallest absolute Gasteiger partial charge is 0.256 e. The lowest BCUT2D eigenvalue weighted by Crippen LogP contribution is -2.62. The molecule has 0 radical (unpaired) electrons. The third-order valence-corrected chi connectivity index (χ3v) is 4.70. The van der Waals surface area contributed by atoms with Crippen molar-refractivity contribution >= 4 is 5.91 Å². The number of hydrogen-bond acceptors (Lipinski definition) is 4. The molecule has 2 aromatic rings. The number of likely N-dealkylation sites (tertiary alicyclic amines) is 1. The first kappa shape index (κ1) is 13.5. The molecule has 1 aromatic heterocycles. The number of benzene rings is 1. The quantitative estimate of drug-likeness (QED) is 0.898. The maximum Gasteiger partial charge on any atom is 0.256 e. The molecule has 22 heavy (non-hydrogen) atoms. The molecule has 0 aliphatic carbocycles. The number of hydrogen-bond donors (Lipinski definition) is 1. The third kappa shape index (κ3) is 2.20. The van der Waals surface area contributed by atoms with Gasteiger partial charge in [0.2, 0.25) is 0 Å². The molecule has 3 heterocycles. The molecule has 2 saturated heterocycles. The van der Waals surface area contributed by atoms with E-state index >= 15 is 0 Å². The Labute approximate surface area is 129 Å². The number of aromatic nitrogens is 3. The fraction of sp³-hybridized carbons (Fsp3) is 0.438. The largest absolute Gasteiger partial charge is 0.337 e. The molecule has 6 heteroatoms. The summed E-state index contributed by atoms with van der Waals surface area (Å²) in [6.07, 6.45) is 4.33. The molecule has 2 atom stereocenters. The van der Waals surface area contributed by atoms with Gasteiger partial charge in [0, 0.05) is 19.1 Å². The van der Waals surface area contributed by atoms with Gasteiger partial charge in [-0.15, -0.1) is 0 Å². The van der Waals surface area contributed by atoms with E-state index < -0.39 is 0 Å². The molecule has 2 aliphatic rings. The van der Waals surface area contributed by atoms with Crippen molar-refractivity contribution in [2.24, 2.45) is 5.92 Å². The van der Waals surface area contributed by atoms with E-state index in [4.69, 9.17) is 0 Å². The molecule has 2 fully saturated rings. The van der Waals surface area contributed by atoms with Crippen LogP contribution in [0.4, 0.5) is 0 Å². The van der Waals surface area contributed by atoms with Crippen molar-refractivity contribution in [3.05, 3.63) is 41.7 Å². The van der Waals surface area contributed by atoms with E-state index in [0.29, 0.717) is 11.6 Å². The van der Waals surface area contributed by atoms with Gasteiger partial charge in [-0.05, 0) is 37.9 Å². The maximum absolute atomic E-state index is 13.0. The predicted octanol–water partition coefficient (Wildman–Crippen LogP) is 1.01.